The maximum absolute atomic E-state index is 13.4. The van der Waals surface area contributed by atoms with Gasteiger partial charge in [-0.2, -0.15) is 0 Å². The second kappa shape index (κ2) is 5.86. The van der Waals surface area contributed by atoms with E-state index >= 15 is 0 Å². The summed E-state index contributed by atoms with van der Waals surface area (Å²) in [6, 6.07) is 13.3. The number of rotatable bonds is 3. The number of likely N-dealkylation sites (N-methyl/N-ethyl adjacent to an activating group) is 1. The van der Waals surface area contributed by atoms with Crippen LogP contribution in [0.2, 0.25) is 0 Å². The molecular formula is C18H20FNO. The molecule has 0 aromatic heterocycles. The van der Waals surface area contributed by atoms with E-state index in [0.29, 0.717) is 5.75 Å². The molecule has 1 N–H and O–H groups in total. The lowest BCUT2D eigenvalue weighted by molar-refractivity contribution is 0.138. The van der Waals surface area contributed by atoms with Gasteiger partial charge in [0, 0.05) is 6.07 Å². The molecule has 1 aliphatic rings. The fourth-order valence-electron chi connectivity index (χ4n) is 3.06. The number of fused-ring (bicyclic) bond motifs is 1. The summed E-state index contributed by atoms with van der Waals surface area (Å²) in [5.74, 6) is 0.382. The Morgan fingerprint density at radius 3 is 2.81 bits per heavy atom. The monoisotopic (exact) mass is 285 g/mol. The van der Waals surface area contributed by atoms with Gasteiger partial charge in [-0.15, -0.1) is 0 Å². The van der Waals surface area contributed by atoms with Crippen molar-refractivity contribution in [3.8, 4) is 5.75 Å². The summed E-state index contributed by atoms with van der Waals surface area (Å²) in [4.78, 5) is 0. The van der Waals surface area contributed by atoms with Crippen molar-refractivity contribution in [3.63, 3.8) is 0 Å². The van der Waals surface area contributed by atoms with E-state index in [0.717, 1.165) is 18.4 Å². The molecule has 2 aromatic rings. The molecule has 0 heterocycles. The summed E-state index contributed by atoms with van der Waals surface area (Å²) < 4.78 is 19.5. The highest BCUT2D eigenvalue weighted by Crippen LogP contribution is 2.33. The Morgan fingerprint density at radius 2 is 2.00 bits per heavy atom. The minimum Gasteiger partial charge on any atom is -0.488 e. The molecule has 0 saturated heterocycles. The average Bonchev–Trinajstić information content (AvgIpc) is 2.50. The van der Waals surface area contributed by atoms with E-state index in [9.17, 15) is 4.39 Å². The Bertz CT molecular complexity index is 641. The molecule has 0 spiro atoms. The summed E-state index contributed by atoms with van der Waals surface area (Å²) in [7, 11) is 1.95. The first kappa shape index (κ1) is 14.1. The van der Waals surface area contributed by atoms with E-state index in [1.165, 1.54) is 23.3 Å². The molecule has 0 bridgehead atoms. The quantitative estimate of drug-likeness (QED) is 0.926. The highest BCUT2D eigenvalue weighted by atomic mass is 19.1. The Balaban J connectivity index is 1.88. The number of hydrogen-bond donors (Lipinski definition) is 1. The zero-order valence-corrected chi connectivity index (χ0v) is 12.4. The van der Waals surface area contributed by atoms with Crippen LogP contribution in [0.25, 0.3) is 0 Å². The van der Waals surface area contributed by atoms with Gasteiger partial charge in [0.25, 0.3) is 0 Å². The number of hydrogen-bond acceptors (Lipinski definition) is 2. The van der Waals surface area contributed by atoms with Crippen LogP contribution in [0, 0.1) is 12.7 Å². The van der Waals surface area contributed by atoms with Crippen LogP contribution in [0.1, 0.15) is 29.2 Å². The van der Waals surface area contributed by atoms with Crippen LogP contribution in [-0.4, -0.2) is 13.2 Å². The lowest BCUT2D eigenvalue weighted by atomic mass is 9.85. The zero-order chi connectivity index (χ0) is 14.8. The number of halogens is 1. The number of ether oxygens (including phenoxy) is 1. The smallest absolute Gasteiger partial charge is 0.126 e. The summed E-state index contributed by atoms with van der Waals surface area (Å²) in [5, 5.41) is 3.35. The topological polar surface area (TPSA) is 21.3 Å². The van der Waals surface area contributed by atoms with Gasteiger partial charge in [0.2, 0.25) is 0 Å². The van der Waals surface area contributed by atoms with Gasteiger partial charge in [0.05, 0.1) is 6.04 Å². The van der Waals surface area contributed by atoms with Gasteiger partial charge < -0.3 is 10.1 Å². The molecule has 110 valence electrons. The van der Waals surface area contributed by atoms with E-state index in [1.54, 1.807) is 6.07 Å². The van der Waals surface area contributed by atoms with E-state index in [2.05, 4.69) is 29.6 Å². The molecule has 0 aliphatic heterocycles. The fraction of sp³-hybridized carbons (Fsp3) is 0.333. The van der Waals surface area contributed by atoms with Crippen molar-refractivity contribution < 1.29 is 9.13 Å². The minimum atomic E-state index is -0.257. The predicted octanol–water partition coefficient (Wildman–Crippen LogP) is 3.79. The van der Waals surface area contributed by atoms with Crippen molar-refractivity contribution in [2.45, 2.75) is 31.9 Å². The van der Waals surface area contributed by atoms with Crippen molar-refractivity contribution in [3.05, 3.63) is 65.0 Å². The second-order valence-corrected chi connectivity index (χ2v) is 5.57. The second-order valence-electron chi connectivity index (χ2n) is 5.57. The van der Waals surface area contributed by atoms with Crippen molar-refractivity contribution in [2.75, 3.05) is 7.05 Å². The summed E-state index contributed by atoms with van der Waals surface area (Å²) in [6.45, 7) is 1.94. The molecule has 2 unspecified atom stereocenters. The first-order valence-electron chi connectivity index (χ1n) is 7.37. The highest BCUT2D eigenvalue weighted by molar-refractivity contribution is 5.36. The molecule has 0 fully saturated rings. The third kappa shape index (κ3) is 2.79. The number of aryl methyl sites for hydroxylation is 2. The van der Waals surface area contributed by atoms with Crippen molar-refractivity contribution >= 4 is 0 Å². The van der Waals surface area contributed by atoms with E-state index in [-0.39, 0.29) is 18.0 Å². The molecule has 0 radical (unpaired) electrons. The molecule has 2 aromatic carbocycles. The van der Waals surface area contributed by atoms with Crippen molar-refractivity contribution in [1.29, 1.82) is 0 Å². The normalized spacial score (nSPS) is 20.9. The van der Waals surface area contributed by atoms with Crippen molar-refractivity contribution in [2.24, 2.45) is 0 Å². The summed E-state index contributed by atoms with van der Waals surface area (Å²) in [6.07, 6.45) is 1.94. The van der Waals surface area contributed by atoms with Crippen LogP contribution in [-0.2, 0) is 6.42 Å². The van der Waals surface area contributed by atoms with Gasteiger partial charge in [0.15, 0.2) is 0 Å². The minimum absolute atomic E-state index is 0.0189. The predicted molar refractivity (Wildman–Crippen MR) is 82.1 cm³/mol. The molecule has 1 aliphatic carbocycles. The molecule has 3 heteroatoms. The van der Waals surface area contributed by atoms with Crippen LogP contribution in [0.4, 0.5) is 4.39 Å². The molecular weight excluding hydrogens is 265 g/mol. The SMILES string of the molecule is CNC1c2ccccc2CCC1Oc1cc(F)ccc1C. The van der Waals surface area contributed by atoms with Crippen LogP contribution in [0.5, 0.6) is 5.75 Å². The summed E-state index contributed by atoms with van der Waals surface area (Å²) in [5.41, 5.74) is 3.61. The van der Waals surface area contributed by atoms with Gasteiger partial charge >= 0.3 is 0 Å². The van der Waals surface area contributed by atoms with Crippen LogP contribution >= 0.6 is 0 Å². The van der Waals surface area contributed by atoms with Gasteiger partial charge in [-0.05, 0) is 49.6 Å². The Hall–Kier alpha value is -1.87. The van der Waals surface area contributed by atoms with Crippen LogP contribution in [0.3, 0.4) is 0 Å². The van der Waals surface area contributed by atoms with Crippen LogP contribution < -0.4 is 10.1 Å². The van der Waals surface area contributed by atoms with Gasteiger partial charge in [-0.25, -0.2) is 4.39 Å². The zero-order valence-electron chi connectivity index (χ0n) is 12.4. The standard InChI is InChI=1S/C18H20FNO/c1-12-7-9-14(19)11-17(12)21-16-10-8-13-5-3-4-6-15(13)18(16)20-2/h3-7,9,11,16,18,20H,8,10H2,1-2H3. The fourth-order valence-corrected chi connectivity index (χ4v) is 3.06. The lowest BCUT2D eigenvalue weighted by Gasteiger charge is -2.34. The third-order valence-corrected chi connectivity index (χ3v) is 4.20. The Labute approximate surface area is 125 Å². The summed E-state index contributed by atoms with van der Waals surface area (Å²) >= 11 is 0. The van der Waals surface area contributed by atoms with Gasteiger partial charge in [-0.3, -0.25) is 0 Å². The average molecular weight is 285 g/mol. The molecule has 2 atom stereocenters. The molecule has 21 heavy (non-hydrogen) atoms. The maximum Gasteiger partial charge on any atom is 0.126 e. The third-order valence-electron chi connectivity index (χ3n) is 4.20. The molecule has 0 amide bonds. The van der Waals surface area contributed by atoms with E-state index in [1.807, 2.05) is 14.0 Å². The number of nitrogens with one attached hydrogen (secondary N) is 1. The largest absolute Gasteiger partial charge is 0.488 e. The van der Waals surface area contributed by atoms with Crippen molar-refractivity contribution in [1.82, 2.24) is 5.32 Å². The first-order chi connectivity index (χ1) is 10.2. The Morgan fingerprint density at radius 1 is 1.19 bits per heavy atom. The molecule has 3 rings (SSSR count). The molecule has 0 saturated carbocycles. The van der Waals surface area contributed by atoms with Gasteiger partial charge in [-0.1, -0.05) is 30.3 Å². The van der Waals surface area contributed by atoms with E-state index < -0.39 is 0 Å². The lowest BCUT2D eigenvalue weighted by Crippen LogP contribution is -2.38. The van der Waals surface area contributed by atoms with Crippen LogP contribution in [0.15, 0.2) is 42.5 Å². The Kier molecular flexibility index (Phi) is 3.93. The molecule has 2 nitrogen and oxygen atoms in total. The van der Waals surface area contributed by atoms with Gasteiger partial charge in [0.1, 0.15) is 17.7 Å². The number of benzene rings is 2. The van der Waals surface area contributed by atoms with E-state index in [4.69, 9.17) is 4.74 Å². The highest BCUT2D eigenvalue weighted by Gasteiger charge is 2.30. The maximum atomic E-state index is 13.4. The first-order valence-corrected chi connectivity index (χ1v) is 7.37.